The molecule has 1 fully saturated rings. The highest BCUT2D eigenvalue weighted by molar-refractivity contribution is 6.29. The summed E-state index contributed by atoms with van der Waals surface area (Å²) in [4.78, 5) is 28.6. The molecule has 2 heterocycles. The zero-order valence-corrected chi connectivity index (χ0v) is 12.3. The number of carbonyl (C=O) groups is 1. The summed E-state index contributed by atoms with van der Waals surface area (Å²) in [5.74, 6) is -0.168. The standard InChI is InChI=1S/C11H12ClN5O5/c1-21-11(18)16-7-22-6-15(10(16)14-17(19)20)5-8-2-3-9(12)13-4-8/h2-4H,5-7H2,1H3/b14-10+. The van der Waals surface area contributed by atoms with Crippen LogP contribution in [0.25, 0.3) is 0 Å². The van der Waals surface area contributed by atoms with E-state index >= 15 is 0 Å². The number of guanidine groups is 1. The highest BCUT2D eigenvalue weighted by Crippen LogP contribution is 2.14. The van der Waals surface area contributed by atoms with Crippen LogP contribution in [0.2, 0.25) is 5.15 Å². The first-order chi connectivity index (χ1) is 10.5. The van der Waals surface area contributed by atoms with Crippen molar-refractivity contribution >= 4 is 23.7 Å². The van der Waals surface area contributed by atoms with Crippen LogP contribution in [0.4, 0.5) is 4.79 Å². The van der Waals surface area contributed by atoms with Crippen LogP contribution in [0.5, 0.6) is 0 Å². The predicted molar refractivity (Wildman–Crippen MR) is 74.3 cm³/mol. The molecule has 2 rings (SSSR count). The minimum Gasteiger partial charge on any atom is -0.452 e. The molecule has 0 aromatic carbocycles. The molecule has 0 atom stereocenters. The van der Waals surface area contributed by atoms with Gasteiger partial charge in [-0.15, -0.1) is 0 Å². The molecule has 0 spiro atoms. The van der Waals surface area contributed by atoms with Gasteiger partial charge in [-0.2, -0.15) is 0 Å². The van der Waals surface area contributed by atoms with Gasteiger partial charge in [-0.25, -0.2) is 24.8 Å². The zero-order chi connectivity index (χ0) is 16.1. The number of hydrogen-bond acceptors (Lipinski definition) is 6. The summed E-state index contributed by atoms with van der Waals surface area (Å²) in [5, 5.41) is 13.4. The Balaban J connectivity index is 2.25. The van der Waals surface area contributed by atoms with Gasteiger partial charge < -0.3 is 14.4 Å². The molecule has 11 heteroatoms. The van der Waals surface area contributed by atoms with Crippen LogP contribution in [0.1, 0.15) is 5.56 Å². The Hall–Kier alpha value is -2.46. The molecule has 1 aromatic rings. The first-order valence-corrected chi connectivity index (χ1v) is 6.40. The lowest BCUT2D eigenvalue weighted by atomic mass is 10.3. The first kappa shape index (κ1) is 15.9. The molecule has 118 valence electrons. The van der Waals surface area contributed by atoms with Gasteiger partial charge in [0, 0.05) is 12.7 Å². The Bertz CT molecular complexity index is 593. The molecule has 1 aliphatic heterocycles. The Morgan fingerprint density at radius 3 is 2.95 bits per heavy atom. The molecule has 0 unspecified atom stereocenters. The highest BCUT2D eigenvalue weighted by Gasteiger charge is 2.33. The number of pyridine rings is 1. The molecule has 0 aliphatic carbocycles. The first-order valence-electron chi connectivity index (χ1n) is 6.03. The van der Waals surface area contributed by atoms with E-state index < -0.39 is 11.1 Å². The number of methoxy groups -OCH3 is 1. The summed E-state index contributed by atoms with van der Waals surface area (Å²) < 4.78 is 9.79. The lowest BCUT2D eigenvalue weighted by Gasteiger charge is -2.34. The highest BCUT2D eigenvalue weighted by atomic mass is 35.5. The van der Waals surface area contributed by atoms with Crippen molar-refractivity contribution in [2.75, 3.05) is 20.6 Å². The fourth-order valence-electron chi connectivity index (χ4n) is 1.80. The third kappa shape index (κ3) is 3.80. The predicted octanol–water partition coefficient (Wildman–Crippen LogP) is 1.10. The second-order valence-electron chi connectivity index (χ2n) is 4.19. The van der Waals surface area contributed by atoms with Gasteiger partial charge in [0.05, 0.1) is 7.11 Å². The fraction of sp³-hybridized carbons (Fsp3) is 0.364. The van der Waals surface area contributed by atoms with Crippen molar-refractivity contribution in [3.8, 4) is 0 Å². The second kappa shape index (κ2) is 7.00. The van der Waals surface area contributed by atoms with Gasteiger partial charge in [0.25, 0.3) is 5.96 Å². The summed E-state index contributed by atoms with van der Waals surface area (Å²) in [6, 6.07) is 3.29. The van der Waals surface area contributed by atoms with E-state index in [9.17, 15) is 14.9 Å². The molecule has 0 radical (unpaired) electrons. The van der Waals surface area contributed by atoms with Crippen molar-refractivity contribution in [3.63, 3.8) is 0 Å². The molecule has 0 bridgehead atoms. The molecule has 1 saturated heterocycles. The monoisotopic (exact) mass is 329 g/mol. The van der Waals surface area contributed by atoms with Gasteiger partial charge in [0.15, 0.2) is 5.03 Å². The lowest BCUT2D eigenvalue weighted by Crippen LogP contribution is -2.53. The summed E-state index contributed by atoms with van der Waals surface area (Å²) in [6.45, 7) is 0.0435. The number of rotatable bonds is 3. The van der Waals surface area contributed by atoms with Gasteiger partial charge in [-0.3, -0.25) is 0 Å². The summed E-state index contributed by atoms with van der Waals surface area (Å²) >= 11 is 5.70. The van der Waals surface area contributed by atoms with Gasteiger partial charge in [0.2, 0.25) is 0 Å². The quantitative estimate of drug-likeness (QED) is 0.463. The Morgan fingerprint density at radius 1 is 1.59 bits per heavy atom. The van der Waals surface area contributed by atoms with Crippen molar-refractivity contribution in [3.05, 3.63) is 39.2 Å². The zero-order valence-electron chi connectivity index (χ0n) is 11.5. The van der Waals surface area contributed by atoms with Crippen molar-refractivity contribution in [1.29, 1.82) is 0 Å². The summed E-state index contributed by atoms with van der Waals surface area (Å²) in [5.41, 5.74) is 0.718. The van der Waals surface area contributed by atoms with Crippen LogP contribution >= 0.6 is 11.6 Å². The minimum absolute atomic E-state index is 0.0305. The Kier molecular flexibility index (Phi) is 5.07. The maximum absolute atomic E-state index is 11.7. The SMILES string of the molecule is COC(=O)N1COCN(Cc2ccc(Cl)nc2)/C1=N\[N+](=O)[O-]. The third-order valence-electron chi connectivity index (χ3n) is 2.72. The van der Waals surface area contributed by atoms with Gasteiger partial charge in [-0.05, 0) is 11.6 Å². The summed E-state index contributed by atoms with van der Waals surface area (Å²) in [7, 11) is 1.16. The molecule has 22 heavy (non-hydrogen) atoms. The van der Waals surface area contributed by atoms with Crippen molar-refractivity contribution in [2.24, 2.45) is 5.10 Å². The maximum atomic E-state index is 11.7. The number of nitro groups is 1. The number of halogens is 1. The van der Waals surface area contributed by atoms with Crippen molar-refractivity contribution in [1.82, 2.24) is 14.8 Å². The van der Waals surface area contributed by atoms with E-state index in [0.717, 1.165) is 17.6 Å². The average molecular weight is 330 g/mol. The number of carbonyl (C=O) groups excluding carboxylic acids is 1. The molecule has 1 amide bonds. The number of amides is 1. The fourth-order valence-corrected chi connectivity index (χ4v) is 1.91. The van der Waals surface area contributed by atoms with E-state index in [2.05, 4.69) is 14.8 Å². The Morgan fingerprint density at radius 2 is 2.36 bits per heavy atom. The van der Waals surface area contributed by atoms with Gasteiger partial charge in [-0.1, -0.05) is 17.7 Å². The molecule has 10 nitrogen and oxygen atoms in total. The van der Waals surface area contributed by atoms with E-state index in [-0.39, 0.29) is 26.0 Å². The van der Waals surface area contributed by atoms with Crippen LogP contribution in [0.3, 0.4) is 0 Å². The third-order valence-corrected chi connectivity index (χ3v) is 2.94. The molecule has 0 N–H and O–H groups in total. The molecule has 0 saturated carbocycles. The van der Waals surface area contributed by atoms with Crippen LogP contribution in [0.15, 0.2) is 23.4 Å². The van der Waals surface area contributed by atoms with E-state index in [1.54, 1.807) is 12.1 Å². The molecular formula is C11H12ClN5O5. The van der Waals surface area contributed by atoms with Crippen LogP contribution < -0.4 is 0 Å². The second-order valence-corrected chi connectivity index (χ2v) is 4.57. The minimum atomic E-state index is -0.885. The number of ether oxygens (including phenoxy) is 2. The summed E-state index contributed by atoms with van der Waals surface area (Å²) in [6.07, 6.45) is 0.711. The van der Waals surface area contributed by atoms with E-state index in [0.29, 0.717) is 5.15 Å². The smallest absolute Gasteiger partial charge is 0.418 e. The maximum Gasteiger partial charge on any atom is 0.418 e. The van der Waals surface area contributed by atoms with Crippen molar-refractivity contribution < 1.29 is 19.3 Å². The van der Waals surface area contributed by atoms with Crippen molar-refractivity contribution in [2.45, 2.75) is 6.54 Å². The number of hydrogen-bond donors (Lipinski definition) is 0. The number of hydrazone groups is 1. The van der Waals surface area contributed by atoms with E-state index in [4.69, 9.17) is 16.3 Å². The topological polar surface area (TPSA) is 110 Å². The molecular weight excluding hydrogens is 318 g/mol. The van der Waals surface area contributed by atoms with Crippen LogP contribution in [-0.4, -0.2) is 52.4 Å². The van der Waals surface area contributed by atoms with Crippen LogP contribution in [0, 0.1) is 10.1 Å². The lowest BCUT2D eigenvalue weighted by molar-refractivity contribution is -0.486. The van der Waals surface area contributed by atoms with Gasteiger partial charge in [0.1, 0.15) is 23.7 Å². The number of aromatic nitrogens is 1. The van der Waals surface area contributed by atoms with E-state index in [1.165, 1.54) is 11.1 Å². The normalized spacial score (nSPS) is 16.7. The Labute approximate surface area is 130 Å². The molecule has 1 aromatic heterocycles. The average Bonchev–Trinajstić information content (AvgIpc) is 2.50. The van der Waals surface area contributed by atoms with E-state index in [1.807, 2.05) is 0 Å². The largest absolute Gasteiger partial charge is 0.452 e. The number of nitrogens with zero attached hydrogens (tertiary/aromatic N) is 5. The van der Waals surface area contributed by atoms with Gasteiger partial charge >= 0.3 is 6.09 Å². The van der Waals surface area contributed by atoms with Crippen LogP contribution in [-0.2, 0) is 16.0 Å². The molecule has 1 aliphatic rings.